The number of halogens is 1. The molecule has 0 spiro atoms. The van der Waals surface area contributed by atoms with E-state index in [2.05, 4.69) is 32.7 Å². The second-order valence-electron chi connectivity index (χ2n) is 3.49. The van der Waals surface area contributed by atoms with E-state index in [4.69, 9.17) is 18.0 Å². The van der Waals surface area contributed by atoms with Crippen LogP contribution in [0.15, 0.2) is 40.2 Å². The number of hydrogen-bond acceptors (Lipinski definition) is 3. The van der Waals surface area contributed by atoms with Gasteiger partial charge in [0.25, 0.3) is 0 Å². The van der Waals surface area contributed by atoms with E-state index in [-0.39, 0.29) is 0 Å². The zero-order valence-corrected chi connectivity index (χ0v) is 12.2. The minimum Gasteiger partial charge on any atom is -0.389 e. The fourth-order valence-corrected chi connectivity index (χ4v) is 2.97. The van der Waals surface area contributed by atoms with Crippen molar-refractivity contribution in [2.45, 2.75) is 6.54 Å². The summed E-state index contributed by atoms with van der Waals surface area (Å²) in [6.45, 7) is 0.830. The molecular weight excluding hydrogens is 316 g/mol. The second-order valence-corrected chi connectivity index (χ2v) is 5.82. The molecule has 2 nitrogen and oxygen atoms in total. The lowest BCUT2D eigenvalue weighted by molar-refractivity contribution is 1.19. The first kappa shape index (κ1) is 12.5. The van der Waals surface area contributed by atoms with Crippen LogP contribution in [0.5, 0.6) is 0 Å². The molecule has 0 unspecified atom stereocenters. The van der Waals surface area contributed by atoms with Gasteiger partial charge in [-0.3, -0.25) is 0 Å². The Bertz CT molecular complexity index is 523. The Hall–Kier alpha value is -0.910. The van der Waals surface area contributed by atoms with Crippen molar-refractivity contribution in [1.82, 2.24) is 0 Å². The summed E-state index contributed by atoms with van der Waals surface area (Å²) in [7, 11) is 0. The Balaban J connectivity index is 2.07. The van der Waals surface area contributed by atoms with Crippen molar-refractivity contribution >= 4 is 50.2 Å². The molecule has 1 aromatic carbocycles. The molecule has 88 valence electrons. The fraction of sp³-hybridized carbons (Fsp3) is 0.0833. The SMILES string of the molecule is NC(=S)c1ccc(NCc2cccs2)cc1Br. The van der Waals surface area contributed by atoms with Crippen LogP contribution in [0.4, 0.5) is 5.69 Å². The van der Waals surface area contributed by atoms with Crippen LogP contribution in [0, 0.1) is 0 Å². The summed E-state index contributed by atoms with van der Waals surface area (Å²) < 4.78 is 0.918. The average molecular weight is 327 g/mol. The number of nitrogens with two attached hydrogens (primary N) is 1. The monoisotopic (exact) mass is 326 g/mol. The predicted octanol–water partition coefficient (Wildman–Crippen LogP) is 3.76. The van der Waals surface area contributed by atoms with Gasteiger partial charge in [-0.15, -0.1) is 11.3 Å². The van der Waals surface area contributed by atoms with Crippen molar-refractivity contribution in [2.24, 2.45) is 5.73 Å². The van der Waals surface area contributed by atoms with E-state index in [1.165, 1.54) is 4.88 Å². The molecule has 2 rings (SSSR count). The predicted molar refractivity (Wildman–Crippen MR) is 81.7 cm³/mol. The van der Waals surface area contributed by atoms with Crippen molar-refractivity contribution in [3.05, 3.63) is 50.6 Å². The lowest BCUT2D eigenvalue weighted by Crippen LogP contribution is -2.10. The highest BCUT2D eigenvalue weighted by molar-refractivity contribution is 9.10. The van der Waals surface area contributed by atoms with E-state index in [1.54, 1.807) is 11.3 Å². The van der Waals surface area contributed by atoms with Crippen LogP contribution in [0.3, 0.4) is 0 Å². The second kappa shape index (κ2) is 5.62. The van der Waals surface area contributed by atoms with Crippen molar-refractivity contribution in [2.75, 3.05) is 5.32 Å². The van der Waals surface area contributed by atoms with Crippen LogP contribution in [-0.4, -0.2) is 4.99 Å². The van der Waals surface area contributed by atoms with Crippen LogP contribution in [0.2, 0.25) is 0 Å². The van der Waals surface area contributed by atoms with Gasteiger partial charge in [-0.25, -0.2) is 0 Å². The molecule has 1 aromatic heterocycles. The Morgan fingerprint density at radius 2 is 2.24 bits per heavy atom. The summed E-state index contributed by atoms with van der Waals surface area (Å²) >= 11 is 10.2. The third-order valence-corrected chi connectivity index (χ3v) is 4.03. The Morgan fingerprint density at radius 1 is 1.41 bits per heavy atom. The number of benzene rings is 1. The molecule has 0 fully saturated rings. The number of anilines is 1. The van der Waals surface area contributed by atoms with Crippen LogP contribution in [0.25, 0.3) is 0 Å². The minimum absolute atomic E-state index is 0.404. The summed E-state index contributed by atoms with van der Waals surface area (Å²) in [5, 5.41) is 5.42. The normalized spacial score (nSPS) is 10.2. The van der Waals surface area contributed by atoms with Crippen molar-refractivity contribution < 1.29 is 0 Å². The largest absolute Gasteiger partial charge is 0.389 e. The molecule has 0 saturated carbocycles. The van der Waals surface area contributed by atoms with Crippen molar-refractivity contribution in [3.63, 3.8) is 0 Å². The number of rotatable bonds is 4. The first-order chi connectivity index (χ1) is 8.16. The highest BCUT2D eigenvalue weighted by Crippen LogP contribution is 2.22. The van der Waals surface area contributed by atoms with Crippen LogP contribution in [0.1, 0.15) is 10.4 Å². The maximum absolute atomic E-state index is 5.60. The van der Waals surface area contributed by atoms with E-state index >= 15 is 0 Å². The quantitative estimate of drug-likeness (QED) is 0.840. The summed E-state index contributed by atoms with van der Waals surface area (Å²) in [5.74, 6) is 0. The molecular formula is C12H11BrN2S2. The smallest absolute Gasteiger partial charge is 0.105 e. The van der Waals surface area contributed by atoms with E-state index in [0.29, 0.717) is 4.99 Å². The number of thiocarbonyl (C=S) groups is 1. The average Bonchev–Trinajstić information content (AvgIpc) is 2.78. The summed E-state index contributed by atoms with van der Waals surface area (Å²) in [5.41, 5.74) is 7.51. The van der Waals surface area contributed by atoms with E-state index in [1.807, 2.05) is 24.3 Å². The molecule has 0 aliphatic rings. The topological polar surface area (TPSA) is 38.0 Å². The first-order valence-corrected chi connectivity index (χ1v) is 7.10. The molecule has 5 heteroatoms. The highest BCUT2D eigenvalue weighted by atomic mass is 79.9. The molecule has 0 aliphatic heterocycles. The number of hydrogen-bond donors (Lipinski definition) is 2. The Morgan fingerprint density at radius 3 is 2.82 bits per heavy atom. The van der Waals surface area contributed by atoms with Gasteiger partial charge in [0, 0.05) is 27.1 Å². The van der Waals surface area contributed by atoms with Crippen LogP contribution < -0.4 is 11.1 Å². The highest BCUT2D eigenvalue weighted by Gasteiger charge is 2.03. The van der Waals surface area contributed by atoms with Gasteiger partial charge in [0.05, 0.1) is 0 Å². The molecule has 2 aromatic rings. The van der Waals surface area contributed by atoms with E-state index in [0.717, 1.165) is 22.3 Å². The zero-order valence-electron chi connectivity index (χ0n) is 8.94. The molecule has 0 radical (unpaired) electrons. The lowest BCUT2D eigenvalue weighted by Gasteiger charge is -2.08. The fourth-order valence-electron chi connectivity index (χ4n) is 1.43. The van der Waals surface area contributed by atoms with Gasteiger partial charge in [-0.2, -0.15) is 0 Å². The molecule has 0 atom stereocenters. The molecule has 0 aliphatic carbocycles. The van der Waals surface area contributed by atoms with Gasteiger partial charge in [0.1, 0.15) is 4.99 Å². The standard InChI is InChI=1S/C12H11BrN2S2/c13-11-6-8(3-4-10(11)12(14)16)15-7-9-2-1-5-17-9/h1-6,15H,7H2,(H2,14,16). The van der Waals surface area contributed by atoms with E-state index < -0.39 is 0 Å². The van der Waals surface area contributed by atoms with Gasteiger partial charge in [-0.1, -0.05) is 18.3 Å². The van der Waals surface area contributed by atoms with Gasteiger partial charge in [-0.05, 0) is 45.6 Å². The number of nitrogens with one attached hydrogen (secondary N) is 1. The summed E-state index contributed by atoms with van der Waals surface area (Å²) in [6, 6.07) is 10.0. The van der Waals surface area contributed by atoms with Gasteiger partial charge in [0.2, 0.25) is 0 Å². The first-order valence-electron chi connectivity index (χ1n) is 5.02. The third kappa shape index (κ3) is 3.28. The van der Waals surface area contributed by atoms with Crippen molar-refractivity contribution in [1.29, 1.82) is 0 Å². The third-order valence-electron chi connectivity index (χ3n) is 2.28. The molecule has 0 amide bonds. The van der Waals surface area contributed by atoms with Crippen LogP contribution in [-0.2, 0) is 6.54 Å². The summed E-state index contributed by atoms with van der Waals surface area (Å²) in [6.07, 6.45) is 0. The van der Waals surface area contributed by atoms with Gasteiger partial charge in [0.15, 0.2) is 0 Å². The minimum atomic E-state index is 0.404. The van der Waals surface area contributed by atoms with Crippen LogP contribution >= 0.6 is 39.5 Å². The van der Waals surface area contributed by atoms with E-state index in [9.17, 15) is 0 Å². The molecule has 17 heavy (non-hydrogen) atoms. The molecule has 0 bridgehead atoms. The van der Waals surface area contributed by atoms with Gasteiger partial charge >= 0.3 is 0 Å². The lowest BCUT2D eigenvalue weighted by atomic mass is 10.2. The Kier molecular flexibility index (Phi) is 4.15. The van der Waals surface area contributed by atoms with Crippen molar-refractivity contribution in [3.8, 4) is 0 Å². The Labute approximate surface area is 118 Å². The molecule has 1 heterocycles. The maximum atomic E-state index is 5.60. The summed E-state index contributed by atoms with van der Waals surface area (Å²) in [4.78, 5) is 1.71. The molecule has 0 saturated heterocycles. The molecule has 3 N–H and O–H groups in total. The van der Waals surface area contributed by atoms with Gasteiger partial charge < -0.3 is 11.1 Å². The maximum Gasteiger partial charge on any atom is 0.105 e. The number of thiophene rings is 1. The zero-order chi connectivity index (χ0) is 12.3.